The molecule has 0 spiro atoms. The Morgan fingerprint density at radius 3 is 2.68 bits per heavy atom. The van der Waals surface area contributed by atoms with E-state index < -0.39 is 30.4 Å². The molecule has 1 aliphatic heterocycles. The molecule has 1 aromatic carbocycles. The summed E-state index contributed by atoms with van der Waals surface area (Å²) < 4.78 is 50.6. The molecule has 16 heteroatoms. The van der Waals surface area contributed by atoms with Gasteiger partial charge in [-0.1, -0.05) is 11.6 Å². The number of anilines is 1. The van der Waals surface area contributed by atoms with E-state index in [1.807, 2.05) is 12.1 Å². The maximum Gasteiger partial charge on any atom is 0.411 e. The zero-order valence-electron chi connectivity index (χ0n) is 24.8. The van der Waals surface area contributed by atoms with Gasteiger partial charge in [0.25, 0.3) is 5.56 Å². The van der Waals surface area contributed by atoms with Gasteiger partial charge in [0.2, 0.25) is 0 Å². The summed E-state index contributed by atoms with van der Waals surface area (Å²) >= 11 is 7.60. The second-order valence-electron chi connectivity index (χ2n) is 10.8. The van der Waals surface area contributed by atoms with Crippen LogP contribution >= 0.6 is 22.9 Å². The third-order valence-corrected chi connectivity index (χ3v) is 8.84. The van der Waals surface area contributed by atoms with Crippen molar-refractivity contribution in [1.29, 1.82) is 5.26 Å². The number of fused-ring (bicyclic) bond motifs is 2. The van der Waals surface area contributed by atoms with Crippen molar-refractivity contribution in [2.24, 2.45) is 0 Å². The number of halogens is 4. The van der Waals surface area contributed by atoms with Crippen LogP contribution in [0.5, 0.6) is 5.75 Å². The molecular weight excluding hydrogens is 661 g/mol. The van der Waals surface area contributed by atoms with E-state index in [1.54, 1.807) is 36.9 Å². The van der Waals surface area contributed by atoms with Gasteiger partial charge in [-0.15, -0.1) is 11.3 Å². The van der Waals surface area contributed by atoms with Crippen LogP contribution in [0.25, 0.3) is 32.2 Å². The molecule has 11 nitrogen and oxygen atoms in total. The Morgan fingerprint density at radius 2 is 1.98 bits per heavy atom. The Bertz CT molecular complexity index is 2160. The molecule has 4 aromatic heterocycles. The number of ether oxygens (including phenoxy) is 2. The number of aromatic carboxylic acids is 1. The second kappa shape index (κ2) is 12.4. The summed E-state index contributed by atoms with van der Waals surface area (Å²) in [5.74, 6) is -0.118. The fourth-order valence-corrected chi connectivity index (χ4v) is 6.60. The number of thiophene rings is 1. The van der Waals surface area contributed by atoms with E-state index >= 15 is 0 Å². The van der Waals surface area contributed by atoms with Gasteiger partial charge in [-0.25, -0.2) is 14.8 Å². The lowest BCUT2D eigenvalue weighted by Gasteiger charge is -2.40. The van der Waals surface area contributed by atoms with Crippen molar-refractivity contribution >= 4 is 55.8 Å². The van der Waals surface area contributed by atoms with Gasteiger partial charge in [-0.2, -0.15) is 18.4 Å². The summed E-state index contributed by atoms with van der Waals surface area (Å²) in [5.41, 5.74) is 2.05. The van der Waals surface area contributed by atoms with Crippen LogP contribution in [-0.4, -0.2) is 69.2 Å². The zero-order valence-corrected chi connectivity index (χ0v) is 26.3. The highest BCUT2D eigenvalue weighted by Gasteiger charge is 2.36. The Hall–Kier alpha value is -4.78. The maximum absolute atomic E-state index is 13.8. The molecule has 242 valence electrons. The first-order chi connectivity index (χ1) is 22.3. The topological polar surface area (TPSA) is 143 Å². The lowest BCUT2D eigenvalue weighted by Crippen LogP contribution is -2.53. The summed E-state index contributed by atoms with van der Waals surface area (Å²) in [4.78, 5) is 40.3. The van der Waals surface area contributed by atoms with Gasteiger partial charge in [0, 0.05) is 40.3 Å². The monoisotopic (exact) mass is 684 g/mol. The average molecular weight is 685 g/mol. The quantitative estimate of drug-likeness (QED) is 0.204. The molecule has 0 saturated carbocycles. The normalized spacial score (nSPS) is 13.6. The van der Waals surface area contributed by atoms with Crippen LogP contribution in [0, 0.1) is 25.2 Å². The van der Waals surface area contributed by atoms with Crippen LogP contribution in [0.2, 0.25) is 5.02 Å². The van der Waals surface area contributed by atoms with Crippen molar-refractivity contribution in [3.63, 3.8) is 0 Å². The first-order valence-electron chi connectivity index (χ1n) is 14.1. The molecule has 1 aliphatic rings. The van der Waals surface area contributed by atoms with E-state index in [0.29, 0.717) is 43.6 Å². The highest BCUT2D eigenvalue weighted by molar-refractivity contribution is 7.18. The van der Waals surface area contributed by atoms with Crippen molar-refractivity contribution in [1.82, 2.24) is 19.5 Å². The van der Waals surface area contributed by atoms with E-state index in [-0.39, 0.29) is 54.1 Å². The Labute approximate surface area is 273 Å². The van der Waals surface area contributed by atoms with Gasteiger partial charge in [0.15, 0.2) is 0 Å². The number of hydrogen-bond acceptors (Lipinski definition) is 10. The van der Waals surface area contributed by atoms with E-state index in [1.165, 1.54) is 27.5 Å². The molecule has 0 unspecified atom stereocenters. The number of nitriles is 1. The lowest BCUT2D eigenvalue weighted by atomic mass is 10.0. The van der Waals surface area contributed by atoms with E-state index in [2.05, 4.69) is 15.0 Å². The molecule has 47 heavy (non-hydrogen) atoms. The summed E-state index contributed by atoms with van der Waals surface area (Å²) in [6.45, 7) is 2.27. The SMILES string of the molecule is Cc1cc(-c2cc(Cl)ccc2OCCn2c(C)nc3cnc(N4CC(OCC(F)(F)F)C4)c(C#N)c3c2=O)c2scc(C(=O)O)c2n1. The number of benzene rings is 1. The smallest absolute Gasteiger partial charge is 0.411 e. The summed E-state index contributed by atoms with van der Waals surface area (Å²) in [7, 11) is 0. The average Bonchev–Trinajstić information content (AvgIpc) is 3.41. The minimum absolute atomic E-state index is 0.0186. The number of nitrogens with zero attached hydrogens (tertiary/aromatic N) is 6. The van der Waals surface area contributed by atoms with Crippen molar-refractivity contribution in [2.75, 3.05) is 31.2 Å². The van der Waals surface area contributed by atoms with Crippen LogP contribution < -0.4 is 15.2 Å². The number of hydrogen-bond donors (Lipinski definition) is 1. The van der Waals surface area contributed by atoms with Crippen LogP contribution in [0.4, 0.5) is 19.0 Å². The maximum atomic E-state index is 13.8. The first kappa shape index (κ1) is 32.2. The molecule has 1 N–H and O–H groups in total. The molecule has 0 bridgehead atoms. The minimum atomic E-state index is -4.45. The van der Waals surface area contributed by atoms with Gasteiger partial charge in [-0.3, -0.25) is 14.3 Å². The van der Waals surface area contributed by atoms with E-state index in [9.17, 15) is 33.1 Å². The van der Waals surface area contributed by atoms with Crippen LogP contribution in [0.3, 0.4) is 0 Å². The predicted molar refractivity (Wildman–Crippen MR) is 169 cm³/mol. The molecule has 1 saturated heterocycles. The predicted octanol–water partition coefficient (Wildman–Crippen LogP) is 5.75. The molecule has 0 amide bonds. The highest BCUT2D eigenvalue weighted by Crippen LogP contribution is 2.40. The van der Waals surface area contributed by atoms with Gasteiger partial charge >= 0.3 is 12.1 Å². The molecule has 5 aromatic rings. The lowest BCUT2D eigenvalue weighted by molar-refractivity contribution is -0.187. The van der Waals surface area contributed by atoms with Crippen LogP contribution in [0.1, 0.15) is 27.4 Å². The summed E-state index contributed by atoms with van der Waals surface area (Å²) in [6, 6.07) is 8.89. The standard InChI is InChI=1S/C31H24ClF3N6O5S/c1-15-7-20(27-26(38-15)22(13-47-27)30(43)44)19-8-17(32)3-4-24(19)45-6-5-41-16(2)39-23-10-37-28(21(9-36)25(23)29(41)42)40-11-18(12-40)46-14-31(33,34)35/h3-4,7-8,10,13,18H,5-6,11-12,14H2,1-2H3,(H,43,44). The Morgan fingerprint density at radius 1 is 1.21 bits per heavy atom. The van der Waals surface area contributed by atoms with E-state index in [4.69, 9.17) is 21.1 Å². The number of alkyl halides is 3. The number of aromatic nitrogens is 4. The molecular formula is C31H24ClF3N6O5S. The first-order valence-corrected chi connectivity index (χ1v) is 15.4. The molecule has 0 radical (unpaired) electrons. The summed E-state index contributed by atoms with van der Waals surface area (Å²) in [5, 5.41) is 21.7. The second-order valence-corrected chi connectivity index (χ2v) is 12.1. The number of carbonyl (C=O) groups is 1. The van der Waals surface area contributed by atoms with Gasteiger partial charge in [0.05, 0.1) is 45.5 Å². The number of carboxylic acids is 1. The van der Waals surface area contributed by atoms with Gasteiger partial charge < -0.3 is 19.5 Å². The largest absolute Gasteiger partial charge is 0.491 e. The number of aryl methyl sites for hydroxylation is 2. The van der Waals surface area contributed by atoms with Crippen LogP contribution in [-0.2, 0) is 11.3 Å². The van der Waals surface area contributed by atoms with Gasteiger partial charge in [0.1, 0.15) is 42.2 Å². The summed E-state index contributed by atoms with van der Waals surface area (Å²) in [6.07, 6.45) is -3.77. The van der Waals surface area contributed by atoms with Crippen molar-refractivity contribution in [3.8, 4) is 22.9 Å². The fraction of sp³-hybridized carbons (Fsp3) is 0.290. The Balaban J connectivity index is 1.27. The fourth-order valence-electron chi connectivity index (χ4n) is 5.42. The molecule has 5 heterocycles. The van der Waals surface area contributed by atoms with Crippen LogP contribution in [0.15, 0.2) is 40.6 Å². The van der Waals surface area contributed by atoms with Crippen molar-refractivity contribution in [2.45, 2.75) is 32.7 Å². The number of rotatable bonds is 9. The molecule has 1 fully saturated rings. The zero-order chi connectivity index (χ0) is 33.6. The highest BCUT2D eigenvalue weighted by atomic mass is 35.5. The third kappa shape index (κ3) is 6.31. The molecule has 0 atom stereocenters. The number of carboxylic acid groups (broad SMARTS) is 1. The van der Waals surface area contributed by atoms with Crippen molar-refractivity contribution < 1.29 is 32.5 Å². The Kier molecular flexibility index (Phi) is 8.51. The minimum Gasteiger partial charge on any atom is -0.491 e. The third-order valence-electron chi connectivity index (χ3n) is 7.60. The molecule has 0 aliphatic carbocycles. The number of pyridine rings is 2. The van der Waals surface area contributed by atoms with Gasteiger partial charge in [-0.05, 0) is 38.1 Å². The molecule has 6 rings (SSSR count). The van der Waals surface area contributed by atoms with E-state index in [0.717, 1.165) is 0 Å². The van der Waals surface area contributed by atoms with Crippen molar-refractivity contribution in [3.05, 3.63) is 73.9 Å².